The van der Waals surface area contributed by atoms with Gasteiger partial charge in [-0.05, 0) is 54.0 Å². The zero-order valence-electron chi connectivity index (χ0n) is 19.0. The molecule has 3 N–H and O–H groups in total. The van der Waals surface area contributed by atoms with Gasteiger partial charge in [-0.1, -0.05) is 66.2 Å². The Morgan fingerprint density at radius 3 is 2.27 bits per heavy atom. The minimum Gasteiger partial charge on any atom is -0.507 e. The van der Waals surface area contributed by atoms with Crippen molar-refractivity contribution < 1.29 is 31.5 Å². The van der Waals surface area contributed by atoms with Gasteiger partial charge in [-0.3, -0.25) is 9.52 Å². The smallest absolute Gasteiger partial charge is 0.406 e. The summed E-state index contributed by atoms with van der Waals surface area (Å²) >= 11 is 6.15. The van der Waals surface area contributed by atoms with E-state index in [0.29, 0.717) is 16.2 Å². The van der Waals surface area contributed by atoms with E-state index < -0.39 is 44.6 Å². The van der Waals surface area contributed by atoms with E-state index in [2.05, 4.69) is 10.0 Å². The Labute approximate surface area is 216 Å². The molecule has 1 amide bonds. The summed E-state index contributed by atoms with van der Waals surface area (Å²) in [5.74, 6) is -2.05. The molecule has 0 aliphatic heterocycles. The Bertz CT molecular complexity index is 1510. The number of phenols is 1. The molecule has 1 aliphatic carbocycles. The summed E-state index contributed by atoms with van der Waals surface area (Å²) in [7, 11) is -4.32. The van der Waals surface area contributed by atoms with Crippen LogP contribution in [-0.4, -0.2) is 25.6 Å². The molecule has 192 valence electrons. The fourth-order valence-electron chi connectivity index (χ4n) is 3.81. The largest absolute Gasteiger partial charge is 0.507 e. The van der Waals surface area contributed by atoms with Crippen molar-refractivity contribution in [3.8, 4) is 5.75 Å². The van der Waals surface area contributed by atoms with Crippen LogP contribution < -0.4 is 10.0 Å². The van der Waals surface area contributed by atoms with Crippen molar-refractivity contribution in [2.24, 2.45) is 5.41 Å². The molecule has 11 heteroatoms. The number of carbonyl (C=O) groups excluding carboxylic acids is 1. The first-order valence-corrected chi connectivity index (χ1v) is 12.7. The van der Waals surface area contributed by atoms with Gasteiger partial charge in [0.15, 0.2) is 5.41 Å². The number of benzene rings is 3. The monoisotopic (exact) mass is 548 g/mol. The molecule has 0 radical (unpaired) electrons. The van der Waals surface area contributed by atoms with Gasteiger partial charge < -0.3 is 10.4 Å². The average Bonchev–Trinajstić information content (AvgIpc) is 2.85. The van der Waals surface area contributed by atoms with Gasteiger partial charge in [-0.2, -0.15) is 13.2 Å². The number of aromatic hydroxyl groups is 1. The summed E-state index contributed by atoms with van der Waals surface area (Å²) in [5, 5.41) is 12.6. The van der Waals surface area contributed by atoms with Crippen LogP contribution in [0.3, 0.4) is 0 Å². The van der Waals surface area contributed by atoms with Crippen molar-refractivity contribution in [1.29, 1.82) is 0 Å². The standard InChI is InChI=1S/C26H20ClF3N2O4S/c27-21-9-5-4-8-20(21)17-12-14-25(15-13-17,26(28,29)30)24(34)31-19-10-11-22(33)23(16-19)37(35,36)32-18-6-2-1-3-7-18/h1-14,16,32-33H,15H2,(H,31,34). The molecule has 0 bridgehead atoms. The Kier molecular flexibility index (Phi) is 7.07. The zero-order chi connectivity index (χ0) is 26.8. The molecule has 3 aromatic carbocycles. The van der Waals surface area contributed by atoms with Gasteiger partial charge in [-0.15, -0.1) is 0 Å². The minimum atomic E-state index is -4.96. The molecule has 0 heterocycles. The van der Waals surface area contributed by atoms with E-state index in [4.69, 9.17) is 11.6 Å². The third kappa shape index (κ3) is 5.35. The second-order valence-electron chi connectivity index (χ2n) is 8.25. The number of nitrogens with one attached hydrogen (secondary N) is 2. The lowest BCUT2D eigenvalue weighted by Crippen LogP contribution is -2.47. The van der Waals surface area contributed by atoms with Gasteiger partial charge in [0.2, 0.25) is 5.91 Å². The van der Waals surface area contributed by atoms with Crippen LogP contribution >= 0.6 is 11.6 Å². The predicted octanol–water partition coefficient (Wildman–Crippen LogP) is 6.38. The molecule has 3 aromatic rings. The molecular formula is C26H20ClF3N2O4S. The summed E-state index contributed by atoms with van der Waals surface area (Å²) in [5.41, 5.74) is -1.98. The summed E-state index contributed by atoms with van der Waals surface area (Å²) in [6.07, 6.45) is -2.41. The maximum Gasteiger partial charge on any atom is 0.406 e. The number of para-hydroxylation sites is 1. The summed E-state index contributed by atoms with van der Waals surface area (Å²) in [4.78, 5) is 12.4. The van der Waals surface area contributed by atoms with Gasteiger partial charge in [-0.25, -0.2) is 8.42 Å². The number of amides is 1. The maximum atomic E-state index is 14.2. The lowest BCUT2D eigenvalue weighted by molar-refractivity contribution is -0.203. The number of sulfonamides is 1. The van der Waals surface area contributed by atoms with Crippen molar-refractivity contribution in [2.45, 2.75) is 17.5 Å². The van der Waals surface area contributed by atoms with Crippen molar-refractivity contribution in [1.82, 2.24) is 0 Å². The molecule has 0 fully saturated rings. The van der Waals surface area contributed by atoms with Crippen LogP contribution in [0.2, 0.25) is 5.02 Å². The van der Waals surface area contributed by atoms with Crippen molar-refractivity contribution in [3.05, 3.63) is 102 Å². The third-order valence-electron chi connectivity index (χ3n) is 5.82. The van der Waals surface area contributed by atoms with Gasteiger partial charge in [0, 0.05) is 16.4 Å². The van der Waals surface area contributed by atoms with Crippen LogP contribution in [0.5, 0.6) is 5.75 Å². The fourth-order valence-corrected chi connectivity index (χ4v) is 5.23. The minimum absolute atomic E-state index is 0.209. The maximum absolute atomic E-state index is 14.2. The highest BCUT2D eigenvalue weighted by atomic mass is 35.5. The van der Waals surface area contributed by atoms with E-state index in [1.807, 2.05) is 0 Å². The Hall–Kier alpha value is -3.76. The molecular weight excluding hydrogens is 529 g/mol. The molecule has 0 saturated carbocycles. The molecule has 6 nitrogen and oxygen atoms in total. The topological polar surface area (TPSA) is 95.5 Å². The van der Waals surface area contributed by atoms with Gasteiger partial charge in [0.05, 0.1) is 0 Å². The average molecular weight is 549 g/mol. The number of carbonyl (C=O) groups is 1. The SMILES string of the molecule is O=C(Nc1ccc(O)c(S(=O)(=O)Nc2ccccc2)c1)C1(C(F)(F)F)C=CC(c2ccccc2Cl)=CC1. The number of anilines is 2. The first kappa shape index (κ1) is 26.3. The van der Waals surface area contributed by atoms with Crippen LogP contribution in [0.15, 0.2) is 95.9 Å². The second kappa shape index (κ2) is 9.95. The second-order valence-corrected chi connectivity index (χ2v) is 10.3. The summed E-state index contributed by atoms with van der Waals surface area (Å²) in [6.45, 7) is 0. The number of hydrogen-bond acceptors (Lipinski definition) is 4. The first-order valence-electron chi connectivity index (χ1n) is 10.9. The van der Waals surface area contributed by atoms with Crippen molar-refractivity contribution >= 4 is 44.5 Å². The highest BCUT2D eigenvalue weighted by molar-refractivity contribution is 7.92. The summed E-state index contributed by atoms with van der Waals surface area (Å²) < 4.78 is 70.5. The highest BCUT2D eigenvalue weighted by Crippen LogP contribution is 2.47. The number of phenolic OH excluding ortho intramolecular Hbond substituents is 1. The van der Waals surface area contributed by atoms with Crippen molar-refractivity contribution in [2.75, 3.05) is 10.0 Å². The number of alkyl halides is 3. The lowest BCUT2D eigenvalue weighted by Gasteiger charge is -2.33. The molecule has 1 aliphatic rings. The third-order valence-corrected chi connectivity index (χ3v) is 7.56. The summed E-state index contributed by atoms with van der Waals surface area (Å²) in [6, 6.07) is 17.4. The van der Waals surface area contributed by atoms with E-state index in [1.54, 1.807) is 42.5 Å². The molecule has 0 spiro atoms. The van der Waals surface area contributed by atoms with E-state index in [9.17, 15) is 31.5 Å². The van der Waals surface area contributed by atoms with Gasteiger partial charge in [0.25, 0.3) is 10.0 Å². The number of allylic oxidation sites excluding steroid dienone is 3. The quantitative estimate of drug-likeness (QED) is 0.312. The molecule has 1 atom stereocenters. The van der Waals surface area contributed by atoms with E-state index >= 15 is 0 Å². The number of hydrogen-bond donors (Lipinski definition) is 3. The number of rotatable bonds is 6. The Morgan fingerprint density at radius 2 is 1.65 bits per heavy atom. The molecule has 1 unspecified atom stereocenters. The fraction of sp³-hybridized carbons (Fsp3) is 0.115. The zero-order valence-corrected chi connectivity index (χ0v) is 20.5. The van der Waals surface area contributed by atoms with E-state index in [1.165, 1.54) is 24.3 Å². The van der Waals surface area contributed by atoms with Crippen LogP contribution in [0.4, 0.5) is 24.5 Å². The molecule has 0 saturated heterocycles. The van der Waals surface area contributed by atoms with Crippen LogP contribution in [0, 0.1) is 5.41 Å². The normalized spacial score (nSPS) is 17.7. The van der Waals surface area contributed by atoms with Crippen molar-refractivity contribution in [3.63, 3.8) is 0 Å². The number of halogens is 4. The van der Waals surface area contributed by atoms with E-state index in [-0.39, 0.29) is 11.4 Å². The molecule has 0 aromatic heterocycles. The van der Waals surface area contributed by atoms with Crippen LogP contribution in [0.1, 0.15) is 12.0 Å². The highest BCUT2D eigenvalue weighted by Gasteiger charge is 2.58. The Morgan fingerprint density at radius 1 is 0.973 bits per heavy atom. The Balaban J connectivity index is 1.62. The van der Waals surface area contributed by atoms with Crippen LogP contribution in [0.25, 0.3) is 5.57 Å². The predicted molar refractivity (Wildman–Crippen MR) is 136 cm³/mol. The van der Waals surface area contributed by atoms with Gasteiger partial charge >= 0.3 is 6.18 Å². The molecule has 4 rings (SSSR count). The lowest BCUT2D eigenvalue weighted by atomic mass is 9.77. The molecule has 37 heavy (non-hydrogen) atoms. The van der Waals surface area contributed by atoms with Crippen LogP contribution in [-0.2, 0) is 14.8 Å². The first-order chi connectivity index (χ1) is 17.4. The van der Waals surface area contributed by atoms with Gasteiger partial charge in [0.1, 0.15) is 10.6 Å². The van der Waals surface area contributed by atoms with E-state index in [0.717, 1.165) is 24.3 Å².